The van der Waals surface area contributed by atoms with Crippen molar-refractivity contribution >= 4 is 17.4 Å². The Morgan fingerprint density at radius 2 is 1.83 bits per heavy atom. The number of nitrogen functional groups attached to an aromatic ring is 1. The molecule has 1 heterocycles. The van der Waals surface area contributed by atoms with Crippen LogP contribution in [0.1, 0.15) is 5.56 Å². The number of aromatic nitrogens is 1. The standard InChI is InChI=1S/C18H12ClN3O/c19-12-5-3-4-11(8-12)14-9-16(22-18(21)15(14)10-20)13-6-1-2-7-17(13)23/h1-9,23H,(H2,21,22). The molecule has 0 saturated heterocycles. The van der Waals surface area contributed by atoms with Crippen LogP contribution in [-0.2, 0) is 0 Å². The summed E-state index contributed by atoms with van der Waals surface area (Å²) in [6, 6.07) is 17.8. The summed E-state index contributed by atoms with van der Waals surface area (Å²) in [6.07, 6.45) is 0. The number of nitriles is 1. The number of aromatic hydroxyl groups is 1. The SMILES string of the molecule is N#Cc1c(-c2cccc(Cl)c2)cc(-c2ccccc2O)nc1N. The van der Waals surface area contributed by atoms with E-state index in [0.717, 1.165) is 5.56 Å². The lowest BCUT2D eigenvalue weighted by molar-refractivity contribution is 0.477. The van der Waals surface area contributed by atoms with Crippen molar-refractivity contribution in [3.8, 4) is 34.2 Å². The molecule has 5 heteroatoms. The molecule has 23 heavy (non-hydrogen) atoms. The summed E-state index contributed by atoms with van der Waals surface area (Å²) in [6.45, 7) is 0. The number of halogens is 1. The number of hydrogen-bond acceptors (Lipinski definition) is 4. The number of benzene rings is 2. The van der Waals surface area contributed by atoms with Gasteiger partial charge >= 0.3 is 0 Å². The number of phenolic OH excluding ortho intramolecular Hbond substituents is 1. The van der Waals surface area contributed by atoms with Crippen molar-refractivity contribution in [3.63, 3.8) is 0 Å². The molecule has 0 atom stereocenters. The van der Waals surface area contributed by atoms with E-state index in [-0.39, 0.29) is 17.1 Å². The van der Waals surface area contributed by atoms with E-state index in [9.17, 15) is 10.4 Å². The number of anilines is 1. The molecule has 3 rings (SSSR count). The fourth-order valence-corrected chi connectivity index (χ4v) is 2.58. The zero-order valence-electron chi connectivity index (χ0n) is 12.0. The topological polar surface area (TPSA) is 82.9 Å². The van der Waals surface area contributed by atoms with Crippen molar-refractivity contribution in [2.45, 2.75) is 0 Å². The fraction of sp³-hybridized carbons (Fsp3) is 0. The predicted octanol–water partition coefficient (Wildman–Crippen LogP) is 4.23. The van der Waals surface area contributed by atoms with E-state index in [1.54, 1.807) is 48.5 Å². The van der Waals surface area contributed by atoms with Gasteiger partial charge in [0.25, 0.3) is 0 Å². The van der Waals surface area contributed by atoms with Gasteiger partial charge in [-0.2, -0.15) is 5.26 Å². The molecule has 0 aliphatic carbocycles. The van der Waals surface area contributed by atoms with Crippen LogP contribution < -0.4 is 5.73 Å². The minimum atomic E-state index is 0.0983. The average Bonchev–Trinajstić information content (AvgIpc) is 2.54. The molecule has 0 radical (unpaired) electrons. The van der Waals surface area contributed by atoms with E-state index in [1.807, 2.05) is 6.07 Å². The number of para-hydroxylation sites is 1. The van der Waals surface area contributed by atoms with Crippen LogP contribution in [0.25, 0.3) is 22.4 Å². The molecule has 2 aromatic carbocycles. The van der Waals surface area contributed by atoms with Gasteiger partial charge in [0.2, 0.25) is 0 Å². The lowest BCUT2D eigenvalue weighted by Gasteiger charge is -2.11. The Labute approximate surface area is 138 Å². The maximum absolute atomic E-state index is 10.0. The molecule has 112 valence electrons. The second-order valence-electron chi connectivity index (χ2n) is 4.95. The van der Waals surface area contributed by atoms with Gasteiger partial charge < -0.3 is 10.8 Å². The van der Waals surface area contributed by atoms with E-state index in [2.05, 4.69) is 11.1 Å². The summed E-state index contributed by atoms with van der Waals surface area (Å²) < 4.78 is 0. The molecule has 0 saturated carbocycles. The van der Waals surface area contributed by atoms with Crippen LogP contribution in [0.3, 0.4) is 0 Å². The third-order valence-electron chi connectivity index (χ3n) is 3.47. The molecule has 4 nitrogen and oxygen atoms in total. The van der Waals surface area contributed by atoms with E-state index in [0.29, 0.717) is 21.8 Å². The number of hydrogen-bond donors (Lipinski definition) is 2. The summed E-state index contributed by atoms with van der Waals surface area (Å²) in [4.78, 5) is 4.25. The normalized spacial score (nSPS) is 10.3. The van der Waals surface area contributed by atoms with Gasteiger partial charge in [0.05, 0.1) is 5.69 Å². The second-order valence-corrected chi connectivity index (χ2v) is 5.39. The Balaban J connectivity index is 2.27. The largest absolute Gasteiger partial charge is 0.507 e. The van der Waals surface area contributed by atoms with Crippen LogP contribution in [0, 0.1) is 11.3 Å². The Morgan fingerprint density at radius 1 is 1.04 bits per heavy atom. The molecule has 1 aromatic heterocycles. The molecular formula is C18H12ClN3O. The van der Waals surface area contributed by atoms with Crippen molar-refractivity contribution in [2.24, 2.45) is 0 Å². The number of nitrogens with two attached hydrogens (primary N) is 1. The van der Waals surface area contributed by atoms with Crippen LogP contribution in [-0.4, -0.2) is 10.1 Å². The number of pyridine rings is 1. The Bertz CT molecular complexity index is 932. The summed E-state index contributed by atoms with van der Waals surface area (Å²) in [7, 11) is 0. The molecule has 3 aromatic rings. The summed E-state index contributed by atoms with van der Waals surface area (Å²) >= 11 is 6.04. The highest BCUT2D eigenvalue weighted by Gasteiger charge is 2.15. The molecule has 0 unspecified atom stereocenters. The van der Waals surface area contributed by atoms with Crippen LogP contribution in [0.2, 0.25) is 5.02 Å². The average molecular weight is 322 g/mol. The van der Waals surface area contributed by atoms with Gasteiger partial charge in [0.1, 0.15) is 23.2 Å². The molecule has 0 fully saturated rings. The summed E-state index contributed by atoms with van der Waals surface area (Å²) in [5.41, 5.74) is 8.66. The number of nitrogens with zero attached hydrogens (tertiary/aromatic N) is 2. The van der Waals surface area contributed by atoms with E-state index < -0.39 is 0 Å². The first-order chi connectivity index (χ1) is 11.1. The first-order valence-corrected chi connectivity index (χ1v) is 7.23. The van der Waals surface area contributed by atoms with Crippen LogP contribution in [0.15, 0.2) is 54.6 Å². The smallest absolute Gasteiger partial charge is 0.142 e. The van der Waals surface area contributed by atoms with Crippen molar-refractivity contribution in [2.75, 3.05) is 5.73 Å². The molecule has 0 spiro atoms. The Morgan fingerprint density at radius 3 is 2.52 bits per heavy atom. The van der Waals surface area contributed by atoms with Gasteiger partial charge in [-0.3, -0.25) is 0 Å². The maximum Gasteiger partial charge on any atom is 0.142 e. The second kappa shape index (κ2) is 5.99. The van der Waals surface area contributed by atoms with E-state index in [1.165, 1.54) is 0 Å². The van der Waals surface area contributed by atoms with Crippen molar-refractivity contribution in [1.82, 2.24) is 4.98 Å². The van der Waals surface area contributed by atoms with Crippen LogP contribution in [0.4, 0.5) is 5.82 Å². The monoisotopic (exact) mass is 321 g/mol. The molecule has 0 amide bonds. The fourth-order valence-electron chi connectivity index (χ4n) is 2.39. The molecule has 0 aliphatic heterocycles. The van der Waals surface area contributed by atoms with Crippen molar-refractivity contribution in [3.05, 3.63) is 65.2 Å². The third kappa shape index (κ3) is 2.83. The zero-order chi connectivity index (χ0) is 16.4. The third-order valence-corrected chi connectivity index (χ3v) is 3.71. The molecular weight excluding hydrogens is 310 g/mol. The van der Waals surface area contributed by atoms with Gasteiger partial charge in [-0.1, -0.05) is 35.9 Å². The predicted molar refractivity (Wildman–Crippen MR) is 90.9 cm³/mol. The first kappa shape index (κ1) is 14.9. The highest BCUT2D eigenvalue weighted by atomic mass is 35.5. The minimum Gasteiger partial charge on any atom is -0.507 e. The van der Waals surface area contributed by atoms with Crippen molar-refractivity contribution in [1.29, 1.82) is 5.26 Å². The van der Waals surface area contributed by atoms with Crippen molar-refractivity contribution < 1.29 is 5.11 Å². The van der Waals surface area contributed by atoms with Gasteiger partial charge in [0, 0.05) is 16.1 Å². The Hall–Kier alpha value is -3.03. The highest BCUT2D eigenvalue weighted by molar-refractivity contribution is 6.30. The molecule has 0 aliphatic rings. The molecule has 0 bridgehead atoms. The summed E-state index contributed by atoms with van der Waals surface area (Å²) in [5, 5.41) is 20.0. The lowest BCUT2D eigenvalue weighted by Crippen LogP contribution is -1.99. The van der Waals surface area contributed by atoms with E-state index >= 15 is 0 Å². The van der Waals surface area contributed by atoms with E-state index in [4.69, 9.17) is 17.3 Å². The van der Waals surface area contributed by atoms with Crippen LogP contribution in [0.5, 0.6) is 5.75 Å². The highest BCUT2D eigenvalue weighted by Crippen LogP contribution is 2.34. The lowest BCUT2D eigenvalue weighted by atomic mass is 9.98. The maximum atomic E-state index is 10.0. The van der Waals surface area contributed by atoms with Gasteiger partial charge in [-0.25, -0.2) is 4.98 Å². The van der Waals surface area contributed by atoms with Crippen LogP contribution >= 0.6 is 11.6 Å². The zero-order valence-corrected chi connectivity index (χ0v) is 12.7. The number of phenols is 1. The first-order valence-electron chi connectivity index (χ1n) is 6.85. The van der Waals surface area contributed by atoms with Gasteiger partial charge in [-0.05, 0) is 35.9 Å². The number of rotatable bonds is 2. The quantitative estimate of drug-likeness (QED) is 0.740. The Kier molecular flexibility index (Phi) is 3.88. The molecule has 3 N–H and O–H groups in total. The van der Waals surface area contributed by atoms with Gasteiger partial charge in [-0.15, -0.1) is 0 Å². The summed E-state index contributed by atoms with van der Waals surface area (Å²) in [5.74, 6) is 0.212. The minimum absolute atomic E-state index is 0.0983. The van der Waals surface area contributed by atoms with Gasteiger partial charge in [0.15, 0.2) is 0 Å².